The van der Waals surface area contributed by atoms with Crippen molar-refractivity contribution in [1.29, 1.82) is 0 Å². The van der Waals surface area contributed by atoms with Crippen LogP contribution in [0.4, 0.5) is 4.39 Å². The van der Waals surface area contributed by atoms with E-state index >= 15 is 0 Å². The molecule has 2 fully saturated rings. The molecule has 6 heteroatoms. The first-order valence-corrected chi connectivity index (χ1v) is 10.5. The number of aliphatic carboxylic acids is 1. The Morgan fingerprint density at radius 2 is 1.75 bits per heavy atom. The van der Waals surface area contributed by atoms with Crippen LogP contribution in [-0.2, 0) is 9.59 Å². The van der Waals surface area contributed by atoms with Crippen molar-refractivity contribution in [2.75, 3.05) is 13.1 Å². The number of benzene rings is 1. The van der Waals surface area contributed by atoms with Crippen molar-refractivity contribution in [3.8, 4) is 0 Å². The molecule has 5 nitrogen and oxygen atoms in total. The first-order chi connectivity index (χ1) is 13.5. The molecule has 0 radical (unpaired) electrons. The lowest BCUT2D eigenvalue weighted by molar-refractivity contribution is -0.144. The monoisotopic (exact) mass is 390 g/mol. The van der Waals surface area contributed by atoms with E-state index in [0.717, 1.165) is 12.8 Å². The molecule has 1 aliphatic carbocycles. The zero-order valence-corrected chi connectivity index (χ0v) is 16.6. The Balaban J connectivity index is 1.58. The number of amides is 1. The first kappa shape index (κ1) is 20.8. The minimum Gasteiger partial charge on any atom is -0.480 e. The maximum Gasteiger partial charge on any atom is 0.325 e. The van der Waals surface area contributed by atoms with Gasteiger partial charge >= 0.3 is 5.97 Å². The van der Waals surface area contributed by atoms with Crippen molar-refractivity contribution in [2.24, 2.45) is 5.92 Å². The number of hydrogen-bond donors (Lipinski definition) is 2. The van der Waals surface area contributed by atoms with Crippen molar-refractivity contribution in [1.82, 2.24) is 10.2 Å². The van der Waals surface area contributed by atoms with Gasteiger partial charge in [-0.2, -0.15) is 0 Å². The molecule has 1 amide bonds. The summed E-state index contributed by atoms with van der Waals surface area (Å²) in [6.45, 7) is 2.74. The molecule has 2 N–H and O–H groups in total. The fraction of sp³-hybridized carbons (Fsp3) is 0.636. The summed E-state index contributed by atoms with van der Waals surface area (Å²) in [4.78, 5) is 26.4. The molecule has 0 aromatic heterocycles. The standard InChI is InChI=1S/C22H31FN2O3/c1-15-14-17(8-9-19(15)23)20(22(27)28)25-12-10-16(11-13-25)21(26)24-18-6-4-2-3-5-7-18/h8-9,14,16,18,20H,2-7,10-13H2,1H3,(H,24,26)(H,27,28)/t20-/m0/s1. The predicted molar refractivity (Wildman–Crippen MR) is 105 cm³/mol. The summed E-state index contributed by atoms with van der Waals surface area (Å²) in [7, 11) is 0. The van der Waals surface area contributed by atoms with Crippen LogP contribution in [0.5, 0.6) is 0 Å². The average molecular weight is 390 g/mol. The number of rotatable bonds is 5. The molecule has 1 atom stereocenters. The summed E-state index contributed by atoms with van der Waals surface area (Å²) in [6.07, 6.45) is 8.31. The third-order valence-corrected chi connectivity index (χ3v) is 6.20. The lowest BCUT2D eigenvalue weighted by Gasteiger charge is -2.35. The lowest BCUT2D eigenvalue weighted by Crippen LogP contribution is -2.45. The number of piperidine rings is 1. The number of halogens is 1. The van der Waals surface area contributed by atoms with E-state index in [-0.39, 0.29) is 17.6 Å². The highest BCUT2D eigenvalue weighted by Gasteiger charge is 2.33. The van der Waals surface area contributed by atoms with Gasteiger partial charge in [0, 0.05) is 25.0 Å². The van der Waals surface area contributed by atoms with Crippen LogP contribution in [0.3, 0.4) is 0 Å². The first-order valence-electron chi connectivity index (χ1n) is 10.5. The summed E-state index contributed by atoms with van der Waals surface area (Å²) < 4.78 is 13.6. The normalized spacial score (nSPS) is 21.1. The van der Waals surface area contributed by atoms with E-state index in [9.17, 15) is 19.1 Å². The summed E-state index contributed by atoms with van der Waals surface area (Å²) in [5, 5.41) is 13.0. The fourth-order valence-electron chi connectivity index (χ4n) is 4.51. The van der Waals surface area contributed by atoms with Gasteiger partial charge in [0.25, 0.3) is 0 Å². The van der Waals surface area contributed by atoms with Gasteiger partial charge in [0.15, 0.2) is 0 Å². The van der Waals surface area contributed by atoms with Gasteiger partial charge in [-0.05, 0) is 49.8 Å². The van der Waals surface area contributed by atoms with Gasteiger partial charge in [-0.1, -0.05) is 37.8 Å². The van der Waals surface area contributed by atoms with Crippen molar-refractivity contribution >= 4 is 11.9 Å². The molecule has 2 aliphatic rings. The molecule has 1 heterocycles. The molecule has 3 rings (SSSR count). The van der Waals surface area contributed by atoms with E-state index < -0.39 is 12.0 Å². The number of likely N-dealkylation sites (tertiary alicyclic amines) is 1. The maximum atomic E-state index is 13.6. The third kappa shape index (κ3) is 5.10. The second kappa shape index (κ2) is 9.50. The molecular formula is C22H31FN2O3. The topological polar surface area (TPSA) is 69.6 Å². The van der Waals surface area contributed by atoms with E-state index in [1.165, 1.54) is 31.7 Å². The molecule has 1 saturated heterocycles. The highest BCUT2D eigenvalue weighted by molar-refractivity contribution is 5.79. The van der Waals surface area contributed by atoms with Crippen LogP contribution in [0.15, 0.2) is 18.2 Å². The number of carbonyl (C=O) groups excluding carboxylic acids is 1. The Morgan fingerprint density at radius 3 is 2.32 bits per heavy atom. The molecule has 1 saturated carbocycles. The van der Waals surface area contributed by atoms with Gasteiger partial charge in [0.05, 0.1) is 0 Å². The van der Waals surface area contributed by atoms with Crippen LogP contribution in [0.1, 0.15) is 68.5 Å². The van der Waals surface area contributed by atoms with Crippen molar-refractivity contribution in [3.05, 3.63) is 35.1 Å². The number of hydrogen-bond acceptors (Lipinski definition) is 3. The van der Waals surface area contributed by atoms with E-state index in [1.54, 1.807) is 19.1 Å². The zero-order chi connectivity index (χ0) is 20.1. The average Bonchev–Trinajstić information content (AvgIpc) is 2.94. The highest BCUT2D eigenvalue weighted by Crippen LogP contribution is 2.29. The van der Waals surface area contributed by atoms with Gasteiger partial charge < -0.3 is 10.4 Å². The van der Waals surface area contributed by atoms with Gasteiger partial charge in [0.1, 0.15) is 11.9 Å². The smallest absolute Gasteiger partial charge is 0.325 e. The maximum absolute atomic E-state index is 13.6. The van der Waals surface area contributed by atoms with Gasteiger partial charge in [-0.15, -0.1) is 0 Å². The summed E-state index contributed by atoms with van der Waals surface area (Å²) in [5.41, 5.74) is 1.04. The van der Waals surface area contributed by atoms with Crippen LogP contribution >= 0.6 is 0 Å². The van der Waals surface area contributed by atoms with E-state index in [4.69, 9.17) is 0 Å². The largest absolute Gasteiger partial charge is 0.480 e. The molecule has 28 heavy (non-hydrogen) atoms. The van der Waals surface area contributed by atoms with Crippen molar-refractivity contribution in [2.45, 2.75) is 70.4 Å². The van der Waals surface area contributed by atoms with Gasteiger partial charge in [-0.25, -0.2) is 4.39 Å². The minimum atomic E-state index is -0.938. The van der Waals surface area contributed by atoms with Crippen molar-refractivity contribution < 1.29 is 19.1 Å². The number of carboxylic acids is 1. The Hall–Kier alpha value is -1.95. The summed E-state index contributed by atoms with van der Waals surface area (Å²) in [6, 6.07) is 3.98. The van der Waals surface area contributed by atoms with Crippen LogP contribution < -0.4 is 5.32 Å². The van der Waals surface area contributed by atoms with Crippen molar-refractivity contribution in [3.63, 3.8) is 0 Å². The SMILES string of the molecule is Cc1cc([C@@H](C(=O)O)N2CCC(C(=O)NC3CCCCCC3)CC2)ccc1F. The second-order valence-corrected chi connectivity index (χ2v) is 8.26. The Labute approximate surface area is 166 Å². The molecule has 0 spiro atoms. The molecule has 154 valence electrons. The van der Waals surface area contributed by atoms with Crippen LogP contribution in [0, 0.1) is 18.7 Å². The summed E-state index contributed by atoms with van der Waals surface area (Å²) in [5.74, 6) is -1.20. The fourth-order valence-corrected chi connectivity index (χ4v) is 4.51. The molecule has 1 aromatic carbocycles. The Kier molecular flexibility index (Phi) is 7.05. The molecule has 0 bridgehead atoms. The Morgan fingerprint density at radius 1 is 1.11 bits per heavy atom. The van der Waals surface area contributed by atoms with E-state index in [2.05, 4.69) is 5.32 Å². The zero-order valence-electron chi connectivity index (χ0n) is 16.6. The minimum absolute atomic E-state index is 0.0519. The number of nitrogens with zero attached hydrogens (tertiary/aromatic N) is 1. The molecule has 1 aliphatic heterocycles. The number of carboxylic acid groups (broad SMARTS) is 1. The lowest BCUT2D eigenvalue weighted by atomic mass is 9.92. The molecule has 0 unspecified atom stereocenters. The van der Waals surface area contributed by atoms with Crippen LogP contribution in [0.25, 0.3) is 0 Å². The number of nitrogens with one attached hydrogen (secondary N) is 1. The highest BCUT2D eigenvalue weighted by atomic mass is 19.1. The quantitative estimate of drug-likeness (QED) is 0.750. The third-order valence-electron chi connectivity index (χ3n) is 6.20. The predicted octanol–water partition coefficient (Wildman–Crippen LogP) is 3.81. The van der Waals surface area contributed by atoms with Crippen LogP contribution in [0.2, 0.25) is 0 Å². The van der Waals surface area contributed by atoms with Crippen LogP contribution in [-0.4, -0.2) is 41.0 Å². The molecular weight excluding hydrogens is 359 g/mol. The number of aryl methyl sites for hydroxylation is 1. The Bertz CT molecular complexity index is 693. The second-order valence-electron chi connectivity index (χ2n) is 8.26. The van der Waals surface area contributed by atoms with E-state index in [0.29, 0.717) is 43.1 Å². The summed E-state index contributed by atoms with van der Waals surface area (Å²) >= 11 is 0. The van der Waals surface area contributed by atoms with E-state index in [1.807, 2.05) is 4.90 Å². The van der Waals surface area contributed by atoms with Gasteiger partial charge in [-0.3, -0.25) is 14.5 Å². The molecule has 1 aromatic rings. The number of carbonyl (C=O) groups is 2. The van der Waals surface area contributed by atoms with Gasteiger partial charge in [0.2, 0.25) is 5.91 Å².